The number of hydrogen-bond donors (Lipinski definition) is 1. The minimum Gasteiger partial charge on any atom is -0.306 e. The first-order valence-corrected chi connectivity index (χ1v) is 6.06. The highest BCUT2D eigenvalue weighted by molar-refractivity contribution is 5.61. The third-order valence-electron chi connectivity index (χ3n) is 3.32. The number of hydrogen-bond acceptors (Lipinski definition) is 3. The topological polar surface area (TPSA) is 63.6 Å². The average Bonchev–Trinajstić information content (AvgIpc) is 2.52. The number of aryl methyl sites for hydroxylation is 3. The van der Waals surface area contributed by atoms with Crippen LogP contribution in [-0.4, -0.2) is 19.7 Å². The monoisotopic (exact) mass is 246 g/mol. The van der Waals surface area contributed by atoms with Crippen molar-refractivity contribution in [2.45, 2.75) is 34.1 Å². The number of nitrogens with one attached hydrogen (secondary N) is 1. The van der Waals surface area contributed by atoms with Crippen LogP contribution in [0.4, 0.5) is 0 Å². The van der Waals surface area contributed by atoms with Crippen LogP contribution in [0.25, 0.3) is 11.4 Å². The maximum absolute atomic E-state index is 12.0. The van der Waals surface area contributed by atoms with Gasteiger partial charge in [0, 0.05) is 24.0 Å². The molecule has 2 heterocycles. The molecule has 1 N–H and O–H groups in total. The first kappa shape index (κ1) is 12.5. The van der Waals surface area contributed by atoms with Gasteiger partial charge in [-0.1, -0.05) is 6.92 Å². The van der Waals surface area contributed by atoms with Crippen molar-refractivity contribution >= 4 is 0 Å². The van der Waals surface area contributed by atoms with Gasteiger partial charge in [0.05, 0.1) is 11.3 Å². The zero-order valence-electron chi connectivity index (χ0n) is 11.5. The minimum absolute atomic E-state index is 0.0531. The molecule has 0 saturated heterocycles. The van der Waals surface area contributed by atoms with E-state index in [1.54, 1.807) is 4.68 Å². The first-order valence-electron chi connectivity index (χ1n) is 6.06. The van der Waals surface area contributed by atoms with E-state index >= 15 is 0 Å². The molecule has 0 radical (unpaired) electrons. The zero-order chi connectivity index (χ0) is 13.4. The van der Waals surface area contributed by atoms with Crippen molar-refractivity contribution in [3.63, 3.8) is 0 Å². The molecular formula is C13H18N4O. The lowest BCUT2D eigenvalue weighted by Gasteiger charge is -2.06. The summed E-state index contributed by atoms with van der Waals surface area (Å²) in [5.74, 6) is 0.609. The lowest BCUT2D eigenvalue weighted by atomic mass is 10.1. The quantitative estimate of drug-likeness (QED) is 0.876. The molecule has 0 unspecified atom stereocenters. The number of H-pyrrole nitrogens is 1. The zero-order valence-corrected chi connectivity index (χ0v) is 11.5. The van der Waals surface area contributed by atoms with Gasteiger partial charge in [0.25, 0.3) is 5.56 Å². The van der Waals surface area contributed by atoms with Crippen LogP contribution in [-0.2, 0) is 13.5 Å². The molecule has 0 aromatic carbocycles. The molecule has 5 nitrogen and oxygen atoms in total. The van der Waals surface area contributed by atoms with Crippen LogP contribution >= 0.6 is 0 Å². The lowest BCUT2D eigenvalue weighted by Crippen LogP contribution is -2.17. The van der Waals surface area contributed by atoms with E-state index in [4.69, 9.17) is 0 Å². The summed E-state index contributed by atoms with van der Waals surface area (Å²) in [6.45, 7) is 7.72. The van der Waals surface area contributed by atoms with Gasteiger partial charge in [-0.05, 0) is 27.2 Å². The fourth-order valence-corrected chi connectivity index (χ4v) is 2.26. The lowest BCUT2D eigenvalue weighted by molar-refractivity contribution is 0.731. The van der Waals surface area contributed by atoms with Crippen LogP contribution in [0.15, 0.2) is 4.79 Å². The fourth-order valence-electron chi connectivity index (χ4n) is 2.26. The molecule has 0 amide bonds. The maximum atomic E-state index is 12.0. The standard InChI is InChI=1S/C13H18N4O/c1-6-10-7(2)14-12(15-13(10)18)11-8(3)16-17(5)9(11)4/h6H2,1-5H3,(H,14,15,18). The van der Waals surface area contributed by atoms with Gasteiger partial charge in [-0.2, -0.15) is 5.10 Å². The molecule has 0 aliphatic carbocycles. The van der Waals surface area contributed by atoms with Crippen LogP contribution in [0.2, 0.25) is 0 Å². The van der Waals surface area contributed by atoms with E-state index in [0.717, 1.165) is 28.2 Å². The van der Waals surface area contributed by atoms with Crippen molar-refractivity contribution in [3.05, 3.63) is 33.0 Å². The summed E-state index contributed by atoms with van der Waals surface area (Å²) in [6.07, 6.45) is 0.694. The molecule has 0 saturated carbocycles. The second-order valence-corrected chi connectivity index (χ2v) is 4.50. The molecule has 0 fully saturated rings. The highest BCUT2D eigenvalue weighted by Gasteiger charge is 2.15. The minimum atomic E-state index is -0.0531. The highest BCUT2D eigenvalue weighted by atomic mass is 16.1. The Kier molecular flexibility index (Phi) is 3.07. The van der Waals surface area contributed by atoms with Gasteiger partial charge < -0.3 is 4.98 Å². The molecule has 18 heavy (non-hydrogen) atoms. The van der Waals surface area contributed by atoms with Crippen LogP contribution in [0.5, 0.6) is 0 Å². The Balaban J connectivity index is 2.69. The number of rotatable bonds is 2. The Morgan fingerprint density at radius 2 is 1.89 bits per heavy atom. The second-order valence-electron chi connectivity index (χ2n) is 4.50. The second kappa shape index (κ2) is 4.40. The van der Waals surface area contributed by atoms with Crippen molar-refractivity contribution in [1.29, 1.82) is 0 Å². The largest absolute Gasteiger partial charge is 0.306 e. The third-order valence-corrected chi connectivity index (χ3v) is 3.32. The first-order chi connectivity index (χ1) is 8.45. The van der Waals surface area contributed by atoms with Crippen LogP contribution in [0, 0.1) is 20.8 Å². The summed E-state index contributed by atoms with van der Waals surface area (Å²) in [4.78, 5) is 19.3. The summed E-state index contributed by atoms with van der Waals surface area (Å²) in [5.41, 5.74) is 4.28. The van der Waals surface area contributed by atoms with E-state index in [1.807, 2.05) is 34.7 Å². The smallest absolute Gasteiger partial charge is 0.254 e. The van der Waals surface area contributed by atoms with Crippen LogP contribution in [0.3, 0.4) is 0 Å². The van der Waals surface area contributed by atoms with Gasteiger partial charge in [0.15, 0.2) is 0 Å². The van der Waals surface area contributed by atoms with E-state index in [0.29, 0.717) is 12.2 Å². The summed E-state index contributed by atoms with van der Waals surface area (Å²) < 4.78 is 1.80. The normalized spacial score (nSPS) is 10.9. The summed E-state index contributed by atoms with van der Waals surface area (Å²) in [7, 11) is 1.89. The van der Waals surface area contributed by atoms with Gasteiger partial charge in [0.2, 0.25) is 0 Å². The van der Waals surface area contributed by atoms with Crippen molar-refractivity contribution in [2.75, 3.05) is 0 Å². The molecule has 2 rings (SSSR count). The molecule has 96 valence electrons. The Hall–Kier alpha value is -1.91. The molecule has 0 aliphatic rings. The molecule has 2 aromatic rings. The molecular weight excluding hydrogens is 228 g/mol. The summed E-state index contributed by atoms with van der Waals surface area (Å²) in [5, 5.41) is 4.34. The summed E-state index contributed by atoms with van der Waals surface area (Å²) >= 11 is 0. The predicted octanol–water partition coefficient (Wildman–Crippen LogP) is 1.66. The third kappa shape index (κ3) is 1.85. The Morgan fingerprint density at radius 1 is 1.22 bits per heavy atom. The van der Waals surface area contributed by atoms with Crippen molar-refractivity contribution in [2.24, 2.45) is 7.05 Å². The predicted molar refractivity (Wildman–Crippen MR) is 70.6 cm³/mol. The Labute approximate surface area is 106 Å². The Morgan fingerprint density at radius 3 is 2.33 bits per heavy atom. The highest BCUT2D eigenvalue weighted by Crippen LogP contribution is 2.22. The SMILES string of the molecule is CCc1c(C)nc(-c2c(C)nn(C)c2C)[nH]c1=O. The van der Waals surface area contributed by atoms with Gasteiger partial charge in [-0.3, -0.25) is 9.48 Å². The van der Waals surface area contributed by atoms with Gasteiger partial charge in [-0.25, -0.2) is 4.98 Å². The van der Waals surface area contributed by atoms with E-state index < -0.39 is 0 Å². The molecule has 0 bridgehead atoms. The maximum Gasteiger partial charge on any atom is 0.254 e. The van der Waals surface area contributed by atoms with E-state index in [9.17, 15) is 4.79 Å². The van der Waals surface area contributed by atoms with Crippen molar-refractivity contribution in [1.82, 2.24) is 19.7 Å². The van der Waals surface area contributed by atoms with Gasteiger partial charge >= 0.3 is 0 Å². The summed E-state index contributed by atoms with van der Waals surface area (Å²) in [6, 6.07) is 0. The molecule has 5 heteroatoms. The number of aromatic nitrogens is 4. The van der Waals surface area contributed by atoms with Gasteiger partial charge in [0.1, 0.15) is 5.82 Å². The molecule has 0 atom stereocenters. The van der Waals surface area contributed by atoms with E-state index in [1.165, 1.54) is 0 Å². The Bertz CT molecular complexity index is 652. The fraction of sp³-hybridized carbons (Fsp3) is 0.462. The molecule has 0 aliphatic heterocycles. The molecule has 2 aromatic heterocycles. The van der Waals surface area contributed by atoms with Crippen molar-refractivity contribution < 1.29 is 0 Å². The van der Waals surface area contributed by atoms with Gasteiger partial charge in [-0.15, -0.1) is 0 Å². The van der Waals surface area contributed by atoms with E-state index in [2.05, 4.69) is 15.1 Å². The number of nitrogens with zero attached hydrogens (tertiary/aromatic N) is 3. The number of aromatic amines is 1. The van der Waals surface area contributed by atoms with Crippen LogP contribution in [0.1, 0.15) is 29.6 Å². The molecule has 0 spiro atoms. The van der Waals surface area contributed by atoms with Crippen LogP contribution < -0.4 is 5.56 Å². The van der Waals surface area contributed by atoms with Crippen molar-refractivity contribution in [3.8, 4) is 11.4 Å². The van der Waals surface area contributed by atoms with E-state index in [-0.39, 0.29) is 5.56 Å². The average molecular weight is 246 g/mol.